The van der Waals surface area contributed by atoms with Crippen molar-refractivity contribution in [1.29, 1.82) is 0 Å². The highest BCUT2D eigenvalue weighted by Gasteiger charge is 2.35. The second-order valence-corrected chi connectivity index (χ2v) is 10.8. The van der Waals surface area contributed by atoms with E-state index in [1.165, 1.54) is 5.56 Å². The number of hydrogen-bond acceptors (Lipinski definition) is 3. The summed E-state index contributed by atoms with van der Waals surface area (Å²) in [5, 5.41) is 31.4. The van der Waals surface area contributed by atoms with Gasteiger partial charge in [0.2, 0.25) is 0 Å². The summed E-state index contributed by atoms with van der Waals surface area (Å²) in [5.74, 6) is 0.676. The SMILES string of the molecule is CC(Cc1ccccc1)(c1ccc(O)cc1)c1ccc(O)c(C(C)(Cc2ccccc2)c2ccc(O)cc2)c1. The summed E-state index contributed by atoms with van der Waals surface area (Å²) in [6, 6.07) is 41.3. The van der Waals surface area contributed by atoms with E-state index in [-0.39, 0.29) is 17.2 Å². The van der Waals surface area contributed by atoms with Crippen LogP contribution in [0.25, 0.3) is 0 Å². The Labute approximate surface area is 230 Å². The molecular weight excluding hydrogens is 480 g/mol. The molecule has 3 heteroatoms. The highest BCUT2D eigenvalue weighted by Crippen LogP contribution is 2.44. The van der Waals surface area contributed by atoms with Crippen molar-refractivity contribution in [3.63, 3.8) is 0 Å². The third kappa shape index (κ3) is 5.39. The maximum absolute atomic E-state index is 11.3. The van der Waals surface area contributed by atoms with Crippen molar-refractivity contribution < 1.29 is 15.3 Å². The van der Waals surface area contributed by atoms with Gasteiger partial charge >= 0.3 is 0 Å². The predicted molar refractivity (Wildman–Crippen MR) is 158 cm³/mol. The number of aromatic hydroxyl groups is 3. The van der Waals surface area contributed by atoms with Gasteiger partial charge in [0.25, 0.3) is 0 Å². The molecule has 0 aliphatic carbocycles. The number of phenolic OH excluding ortho intramolecular Hbond substituents is 3. The summed E-state index contributed by atoms with van der Waals surface area (Å²) in [4.78, 5) is 0. The predicted octanol–water partition coefficient (Wildman–Crippen LogP) is 7.90. The van der Waals surface area contributed by atoms with E-state index in [0.29, 0.717) is 6.42 Å². The quantitative estimate of drug-likeness (QED) is 0.197. The van der Waals surface area contributed by atoms with Crippen molar-refractivity contribution in [3.8, 4) is 17.2 Å². The molecule has 0 saturated carbocycles. The van der Waals surface area contributed by atoms with Gasteiger partial charge in [-0.05, 0) is 71.0 Å². The van der Waals surface area contributed by atoms with E-state index in [9.17, 15) is 15.3 Å². The number of rotatable bonds is 8. The summed E-state index contributed by atoms with van der Waals surface area (Å²) < 4.78 is 0. The van der Waals surface area contributed by atoms with Gasteiger partial charge in [0.15, 0.2) is 0 Å². The van der Waals surface area contributed by atoms with Gasteiger partial charge in [0, 0.05) is 16.4 Å². The fraction of sp³-hybridized carbons (Fsp3) is 0.167. The van der Waals surface area contributed by atoms with Gasteiger partial charge in [-0.1, -0.05) is 111 Å². The fourth-order valence-corrected chi connectivity index (χ4v) is 5.71. The highest BCUT2D eigenvalue weighted by molar-refractivity contribution is 5.53. The number of benzene rings is 5. The van der Waals surface area contributed by atoms with Crippen LogP contribution in [0.2, 0.25) is 0 Å². The van der Waals surface area contributed by atoms with Crippen LogP contribution in [0.3, 0.4) is 0 Å². The van der Waals surface area contributed by atoms with Gasteiger partial charge in [-0.2, -0.15) is 0 Å². The lowest BCUT2D eigenvalue weighted by molar-refractivity contribution is 0.441. The fourth-order valence-electron chi connectivity index (χ4n) is 5.71. The normalized spacial score (nSPS) is 14.3. The highest BCUT2D eigenvalue weighted by atomic mass is 16.3. The molecule has 0 bridgehead atoms. The third-order valence-electron chi connectivity index (χ3n) is 8.04. The molecule has 0 heterocycles. The molecule has 5 aromatic rings. The summed E-state index contributed by atoms with van der Waals surface area (Å²) in [5.41, 5.74) is 5.34. The minimum absolute atomic E-state index is 0.210. The zero-order chi connectivity index (χ0) is 27.5. The molecule has 0 fully saturated rings. The van der Waals surface area contributed by atoms with Crippen LogP contribution in [0.4, 0.5) is 0 Å². The number of phenols is 3. The van der Waals surface area contributed by atoms with E-state index in [4.69, 9.17) is 0 Å². The lowest BCUT2D eigenvalue weighted by Gasteiger charge is -2.36. The van der Waals surface area contributed by atoms with E-state index < -0.39 is 10.8 Å². The van der Waals surface area contributed by atoms with Crippen LogP contribution in [-0.4, -0.2) is 15.3 Å². The van der Waals surface area contributed by atoms with Gasteiger partial charge in [0.05, 0.1) is 0 Å². The van der Waals surface area contributed by atoms with Crippen LogP contribution in [0, 0.1) is 0 Å². The van der Waals surface area contributed by atoms with Crippen molar-refractivity contribution in [3.05, 3.63) is 161 Å². The van der Waals surface area contributed by atoms with Gasteiger partial charge in [-0.25, -0.2) is 0 Å². The summed E-state index contributed by atoms with van der Waals surface area (Å²) in [6.45, 7) is 4.37. The topological polar surface area (TPSA) is 60.7 Å². The Bertz CT molecular complexity index is 1530. The van der Waals surface area contributed by atoms with E-state index >= 15 is 0 Å². The minimum atomic E-state index is -0.572. The molecule has 0 amide bonds. The molecule has 0 aromatic heterocycles. The molecule has 2 atom stereocenters. The lowest BCUT2D eigenvalue weighted by atomic mass is 9.67. The molecule has 196 valence electrons. The van der Waals surface area contributed by atoms with Crippen LogP contribution < -0.4 is 0 Å². The van der Waals surface area contributed by atoms with Crippen LogP contribution in [-0.2, 0) is 23.7 Å². The van der Waals surface area contributed by atoms with Crippen molar-refractivity contribution in [1.82, 2.24) is 0 Å². The second-order valence-electron chi connectivity index (χ2n) is 10.8. The summed E-state index contributed by atoms with van der Waals surface area (Å²) >= 11 is 0. The molecular formula is C36H34O3. The largest absolute Gasteiger partial charge is 0.508 e. The Hall–Kier alpha value is -4.50. The number of hydrogen-bond donors (Lipinski definition) is 3. The van der Waals surface area contributed by atoms with Crippen molar-refractivity contribution in [2.24, 2.45) is 0 Å². The lowest BCUT2D eigenvalue weighted by Crippen LogP contribution is -2.30. The maximum Gasteiger partial charge on any atom is 0.119 e. The minimum Gasteiger partial charge on any atom is -0.508 e. The van der Waals surface area contributed by atoms with Crippen molar-refractivity contribution >= 4 is 0 Å². The molecule has 0 saturated heterocycles. The van der Waals surface area contributed by atoms with Crippen LogP contribution in [0.15, 0.2) is 127 Å². The molecule has 2 unspecified atom stereocenters. The smallest absolute Gasteiger partial charge is 0.119 e. The molecule has 0 aliphatic rings. The first-order valence-electron chi connectivity index (χ1n) is 13.3. The molecule has 5 rings (SSSR count). The second kappa shape index (κ2) is 10.7. The molecule has 0 aliphatic heterocycles. The Morgan fingerprint density at radius 1 is 0.462 bits per heavy atom. The van der Waals surface area contributed by atoms with Crippen molar-refractivity contribution in [2.45, 2.75) is 37.5 Å². The Morgan fingerprint density at radius 2 is 0.872 bits per heavy atom. The van der Waals surface area contributed by atoms with E-state index in [2.05, 4.69) is 56.3 Å². The van der Waals surface area contributed by atoms with Gasteiger partial charge < -0.3 is 15.3 Å². The monoisotopic (exact) mass is 514 g/mol. The first kappa shape index (κ1) is 26.1. The van der Waals surface area contributed by atoms with Crippen molar-refractivity contribution in [2.75, 3.05) is 0 Å². The molecule has 0 radical (unpaired) electrons. The van der Waals surface area contributed by atoms with E-state index in [0.717, 1.165) is 34.2 Å². The van der Waals surface area contributed by atoms with E-state index in [1.807, 2.05) is 54.6 Å². The zero-order valence-corrected chi connectivity index (χ0v) is 22.4. The maximum atomic E-state index is 11.3. The molecule has 39 heavy (non-hydrogen) atoms. The van der Waals surface area contributed by atoms with Gasteiger partial charge in [0.1, 0.15) is 17.2 Å². The third-order valence-corrected chi connectivity index (χ3v) is 8.04. The molecule has 3 nitrogen and oxygen atoms in total. The summed E-state index contributed by atoms with van der Waals surface area (Å²) in [6.07, 6.45) is 1.42. The average molecular weight is 515 g/mol. The summed E-state index contributed by atoms with van der Waals surface area (Å²) in [7, 11) is 0. The standard InChI is InChI=1S/C36H34O3/c1-35(24-26-9-5-3-6-10-26,28-13-18-31(37)19-14-28)30-17-22-34(39)33(23-30)36(2,25-27-11-7-4-8-12-27)29-15-20-32(38)21-16-29/h3-23,37-39H,24-25H2,1-2H3. The van der Waals surface area contributed by atoms with Crippen LogP contribution >= 0.6 is 0 Å². The van der Waals surface area contributed by atoms with Gasteiger partial charge in [-0.3, -0.25) is 0 Å². The van der Waals surface area contributed by atoms with E-state index in [1.54, 1.807) is 30.3 Å². The first-order chi connectivity index (χ1) is 18.8. The molecule has 3 N–H and O–H groups in total. The van der Waals surface area contributed by atoms with Crippen LogP contribution in [0.1, 0.15) is 47.2 Å². The first-order valence-corrected chi connectivity index (χ1v) is 13.3. The van der Waals surface area contributed by atoms with Crippen LogP contribution in [0.5, 0.6) is 17.2 Å². The Balaban J connectivity index is 1.69. The average Bonchev–Trinajstić information content (AvgIpc) is 2.95. The Kier molecular flexibility index (Phi) is 7.17. The zero-order valence-electron chi connectivity index (χ0n) is 22.4. The van der Waals surface area contributed by atoms with Gasteiger partial charge in [-0.15, -0.1) is 0 Å². The molecule has 0 spiro atoms. The Morgan fingerprint density at radius 3 is 1.36 bits per heavy atom. The molecule has 5 aromatic carbocycles.